The van der Waals surface area contributed by atoms with Crippen molar-refractivity contribution >= 4 is 28.4 Å². The van der Waals surface area contributed by atoms with Crippen LogP contribution in [0.25, 0.3) is 16.6 Å². The molecule has 1 aromatic heterocycles. The van der Waals surface area contributed by atoms with Gasteiger partial charge in [-0.25, -0.2) is 4.98 Å². The van der Waals surface area contributed by atoms with Crippen LogP contribution in [0, 0.1) is 0 Å². The molecule has 1 heterocycles. The number of rotatable bonds is 6. The van der Waals surface area contributed by atoms with Crippen LogP contribution in [0.3, 0.4) is 0 Å². The number of aromatic nitrogens is 2. The van der Waals surface area contributed by atoms with Gasteiger partial charge in [0.15, 0.2) is 5.16 Å². The van der Waals surface area contributed by atoms with E-state index in [2.05, 4.69) is 5.10 Å². The second-order valence-corrected chi connectivity index (χ2v) is 7.42. The van der Waals surface area contributed by atoms with Crippen LogP contribution in [0.1, 0.15) is 5.56 Å². The predicted molar refractivity (Wildman–Crippen MR) is 122 cm³/mol. The molecule has 0 amide bonds. The van der Waals surface area contributed by atoms with Gasteiger partial charge >= 0.3 is 0 Å². The molecule has 4 aromatic rings. The van der Waals surface area contributed by atoms with Gasteiger partial charge in [-0.3, -0.25) is 9.36 Å². The minimum atomic E-state index is -0.106. The molecule has 0 bridgehead atoms. The van der Waals surface area contributed by atoms with Crippen molar-refractivity contribution in [2.75, 3.05) is 12.9 Å². The number of fused-ring (bicyclic) bond motifs is 1. The minimum Gasteiger partial charge on any atom is -0.497 e. The summed E-state index contributed by atoms with van der Waals surface area (Å²) >= 11 is 1.42. The Balaban J connectivity index is 1.73. The van der Waals surface area contributed by atoms with Gasteiger partial charge < -0.3 is 10.6 Å². The van der Waals surface area contributed by atoms with Gasteiger partial charge in [0.25, 0.3) is 5.56 Å². The van der Waals surface area contributed by atoms with E-state index in [4.69, 9.17) is 15.6 Å². The van der Waals surface area contributed by atoms with Crippen molar-refractivity contribution in [2.45, 2.75) is 5.16 Å². The molecule has 6 nitrogen and oxygen atoms in total. The van der Waals surface area contributed by atoms with Crippen molar-refractivity contribution in [3.8, 4) is 11.4 Å². The van der Waals surface area contributed by atoms with Crippen molar-refractivity contribution < 1.29 is 4.74 Å². The topological polar surface area (TPSA) is 82.5 Å². The molecule has 30 heavy (non-hydrogen) atoms. The highest BCUT2D eigenvalue weighted by Gasteiger charge is 2.15. The van der Waals surface area contributed by atoms with Gasteiger partial charge in [0.1, 0.15) is 5.75 Å². The summed E-state index contributed by atoms with van der Waals surface area (Å²) < 4.78 is 6.84. The highest BCUT2D eigenvalue weighted by molar-refractivity contribution is 7.99. The van der Waals surface area contributed by atoms with Crippen molar-refractivity contribution in [3.63, 3.8) is 0 Å². The number of ether oxygens (including phenoxy) is 1. The number of para-hydroxylation sites is 2. The fourth-order valence-electron chi connectivity index (χ4n) is 3.13. The zero-order valence-electron chi connectivity index (χ0n) is 16.4. The molecule has 150 valence electrons. The van der Waals surface area contributed by atoms with E-state index in [-0.39, 0.29) is 5.56 Å². The van der Waals surface area contributed by atoms with Gasteiger partial charge in [-0.15, -0.1) is 0 Å². The monoisotopic (exact) mass is 416 g/mol. The normalized spacial score (nSPS) is 11.6. The molecule has 0 aliphatic heterocycles. The smallest absolute Gasteiger partial charge is 0.266 e. The van der Waals surface area contributed by atoms with E-state index in [0.717, 1.165) is 17.0 Å². The van der Waals surface area contributed by atoms with E-state index in [1.807, 2.05) is 72.8 Å². The Bertz CT molecular complexity index is 1250. The maximum Gasteiger partial charge on any atom is 0.266 e. The number of thioether (sulfide) groups is 1. The van der Waals surface area contributed by atoms with E-state index in [1.165, 1.54) is 11.8 Å². The lowest BCUT2D eigenvalue weighted by atomic mass is 10.1. The predicted octanol–water partition coefficient (Wildman–Crippen LogP) is 3.85. The molecule has 0 atom stereocenters. The molecule has 0 unspecified atom stereocenters. The summed E-state index contributed by atoms with van der Waals surface area (Å²) in [7, 11) is 1.62. The Hall–Kier alpha value is -3.58. The molecule has 0 aliphatic carbocycles. The standard InChI is InChI=1S/C23H20N4O2S/c1-29-18-13-11-16(12-14-18)21(26-24)15-30-23-25-20-10-6-5-9-19(20)22(28)27(23)17-7-3-2-4-8-17/h2-14H,15,24H2,1H3/b26-21-. The second-order valence-electron chi connectivity index (χ2n) is 6.48. The van der Waals surface area contributed by atoms with Crippen LogP contribution in [0.5, 0.6) is 5.75 Å². The SMILES string of the molecule is COc1ccc(/C(CSc2nc3ccccc3c(=O)n2-c2ccccc2)=N\N)cc1. The third-order valence-electron chi connectivity index (χ3n) is 4.68. The van der Waals surface area contributed by atoms with E-state index < -0.39 is 0 Å². The molecule has 0 saturated carbocycles. The van der Waals surface area contributed by atoms with Gasteiger partial charge in [0.2, 0.25) is 0 Å². The second kappa shape index (κ2) is 8.84. The summed E-state index contributed by atoms with van der Waals surface area (Å²) in [6, 6.07) is 24.4. The van der Waals surface area contributed by atoms with Crippen molar-refractivity contribution in [3.05, 3.63) is 94.8 Å². The van der Waals surface area contributed by atoms with Crippen molar-refractivity contribution in [2.24, 2.45) is 10.9 Å². The molecule has 2 N–H and O–H groups in total. The highest BCUT2D eigenvalue weighted by atomic mass is 32.2. The zero-order chi connectivity index (χ0) is 20.9. The number of hydrazone groups is 1. The number of benzene rings is 3. The third kappa shape index (κ3) is 3.92. The Morgan fingerprint density at radius 1 is 1.03 bits per heavy atom. The molecule has 0 spiro atoms. The Morgan fingerprint density at radius 2 is 1.73 bits per heavy atom. The fourth-order valence-corrected chi connectivity index (χ4v) is 4.11. The molecule has 0 aliphatic rings. The molecule has 7 heteroatoms. The summed E-state index contributed by atoms with van der Waals surface area (Å²) in [6.07, 6.45) is 0. The average molecular weight is 417 g/mol. The van der Waals surface area contributed by atoms with Crippen LogP contribution in [0.2, 0.25) is 0 Å². The van der Waals surface area contributed by atoms with Crippen LogP contribution < -0.4 is 16.1 Å². The van der Waals surface area contributed by atoms with Crippen LogP contribution >= 0.6 is 11.8 Å². The quantitative estimate of drug-likeness (QED) is 0.170. The Morgan fingerprint density at radius 3 is 2.43 bits per heavy atom. The Labute approximate surface area is 178 Å². The minimum absolute atomic E-state index is 0.106. The number of methoxy groups -OCH3 is 1. The first-order chi connectivity index (χ1) is 14.7. The summed E-state index contributed by atoms with van der Waals surface area (Å²) in [6.45, 7) is 0. The van der Waals surface area contributed by atoms with Crippen LogP contribution in [-0.4, -0.2) is 28.1 Å². The fraction of sp³-hybridized carbons (Fsp3) is 0.0870. The number of hydrogen-bond acceptors (Lipinski definition) is 6. The average Bonchev–Trinajstić information content (AvgIpc) is 2.80. The van der Waals surface area contributed by atoms with Gasteiger partial charge in [-0.2, -0.15) is 5.10 Å². The maximum atomic E-state index is 13.2. The molecule has 0 fully saturated rings. The number of hydrogen-bond donors (Lipinski definition) is 1. The maximum absolute atomic E-state index is 13.2. The van der Waals surface area contributed by atoms with E-state index in [9.17, 15) is 4.79 Å². The van der Waals surface area contributed by atoms with Gasteiger partial charge in [0.05, 0.1) is 29.4 Å². The highest BCUT2D eigenvalue weighted by Crippen LogP contribution is 2.23. The number of nitrogens with zero attached hydrogens (tertiary/aromatic N) is 3. The molecular formula is C23H20N4O2S. The van der Waals surface area contributed by atoms with Gasteiger partial charge in [-0.05, 0) is 54.1 Å². The van der Waals surface area contributed by atoms with Crippen LogP contribution in [0.4, 0.5) is 0 Å². The van der Waals surface area contributed by atoms with Crippen molar-refractivity contribution in [1.82, 2.24) is 9.55 Å². The van der Waals surface area contributed by atoms with Crippen molar-refractivity contribution in [1.29, 1.82) is 0 Å². The molecule has 0 radical (unpaired) electrons. The lowest BCUT2D eigenvalue weighted by molar-refractivity contribution is 0.415. The first kappa shape index (κ1) is 19.7. The molecule has 3 aromatic carbocycles. The molecular weight excluding hydrogens is 396 g/mol. The summed E-state index contributed by atoms with van der Waals surface area (Å²) in [5, 5.41) is 5.12. The summed E-state index contributed by atoms with van der Waals surface area (Å²) in [5.74, 6) is 6.88. The first-order valence-corrected chi connectivity index (χ1v) is 10.3. The Kier molecular flexibility index (Phi) is 5.81. The van der Waals surface area contributed by atoms with E-state index >= 15 is 0 Å². The first-order valence-electron chi connectivity index (χ1n) is 9.32. The van der Waals surface area contributed by atoms with Crippen LogP contribution in [0.15, 0.2) is 93.9 Å². The van der Waals surface area contributed by atoms with E-state index in [1.54, 1.807) is 17.7 Å². The largest absolute Gasteiger partial charge is 0.497 e. The lowest BCUT2D eigenvalue weighted by Crippen LogP contribution is -2.22. The van der Waals surface area contributed by atoms with Crippen LogP contribution in [-0.2, 0) is 0 Å². The summed E-state index contributed by atoms with van der Waals surface area (Å²) in [5.41, 5.74) is 2.90. The zero-order valence-corrected chi connectivity index (χ0v) is 17.2. The number of nitrogens with two attached hydrogens (primary N) is 1. The van der Waals surface area contributed by atoms with E-state index in [0.29, 0.717) is 27.5 Å². The molecule has 4 rings (SSSR count). The van der Waals surface area contributed by atoms with Gasteiger partial charge in [0, 0.05) is 5.75 Å². The summed E-state index contributed by atoms with van der Waals surface area (Å²) in [4.78, 5) is 18.0. The third-order valence-corrected chi connectivity index (χ3v) is 5.63. The molecule has 0 saturated heterocycles. The van der Waals surface area contributed by atoms with Gasteiger partial charge in [-0.1, -0.05) is 42.1 Å². The lowest BCUT2D eigenvalue weighted by Gasteiger charge is -2.13.